The van der Waals surface area contributed by atoms with Crippen molar-refractivity contribution in [2.24, 2.45) is 11.8 Å². The molecule has 1 aromatic carbocycles. The van der Waals surface area contributed by atoms with E-state index >= 15 is 0 Å². The number of likely N-dealkylation sites (tertiary alicyclic amines) is 1. The highest BCUT2D eigenvalue weighted by atomic mass is 35.5. The van der Waals surface area contributed by atoms with Crippen molar-refractivity contribution in [3.63, 3.8) is 0 Å². The van der Waals surface area contributed by atoms with E-state index in [1.807, 2.05) is 30.9 Å². The van der Waals surface area contributed by atoms with E-state index in [-0.39, 0.29) is 29.6 Å². The first-order valence-corrected chi connectivity index (χ1v) is 15.3. The van der Waals surface area contributed by atoms with Crippen molar-refractivity contribution in [2.75, 3.05) is 63.8 Å². The van der Waals surface area contributed by atoms with Crippen LogP contribution in [0.1, 0.15) is 39.2 Å². The Kier molecular flexibility index (Phi) is 7.75. The van der Waals surface area contributed by atoms with Crippen molar-refractivity contribution < 1.29 is 28.5 Å². The summed E-state index contributed by atoms with van der Waals surface area (Å²) >= 11 is 6.69. The maximum atomic E-state index is 13.0. The molecule has 2 aromatic rings. The fourth-order valence-corrected chi connectivity index (χ4v) is 6.35. The summed E-state index contributed by atoms with van der Waals surface area (Å²) in [6, 6.07) is 5.41. The quantitative estimate of drug-likeness (QED) is 0.426. The predicted molar refractivity (Wildman–Crippen MR) is 163 cm³/mol. The van der Waals surface area contributed by atoms with Gasteiger partial charge in [-0.15, -0.1) is 0 Å². The summed E-state index contributed by atoms with van der Waals surface area (Å²) in [7, 11) is 3.38. The minimum absolute atomic E-state index is 0.0550. The molecule has 0 radical (unpaired) electrons. The van der Waals surface area contributed by atoms with Gasteiger partial charge in [-0.25, -0.2) is 14.6 Å². The second-order valence-electron chi connectivity index (χ2n) is 12.4. The van der Waals surface area contributed by atoms with Gasteiger partial charge < -0.3 is 34.1 Å². The Morgan fingerprint density at radius 3 is 2.47 bits per heavy atom. The first-order chi connectivity index (χ1) is 20.5. The largest absolute Gasteiger partial charge is 0.490 e. The summed E-state index contributed by atoms with van der Waals surface area (Å²) < 4.78 is 24.6. The second-order valence-corrected chi connectivity index (χ2v) is 12.8. The molecular formula is C31H40ClN5O6. The third-order valence-electron chi connectivity index (χ3n) is 9.39. The maximum absolute atomic E-state index is 13.0. The lowest BCUT2D eigenvalue weighted by Gasteiger charge is -2.53. The van der Waals surface area contributed by atoms with Gasteiger partial charge in [-0.05, 0) is 51.3 Å². The molecule has 3 saturated heterocycles. The number of amides is 3. The second kappa shape index (κ2) is 11.2. The number of ether oxygens (including phenoxy) is 4. The summed E-state index contributed by atoms with van der Waals surface area (Å²) in [4.78, 5) is 35.3. The van der Waals surface area contributed by atoms with E-state index in [4.69, 9.17) is 30.5 Å². The normalized spacial score (nSPS) is 25.9. The number of methoxy groups -OCH3 is 1. The highest BCUT2D eigenvalue weighted by molar-refractivity contribution is 6.33. The number of pyridine rings is 1. The Hall–Kier alpha value is -3.44. The number of fused-ring (bicyclic) bond motifs is 2. The molecule has 2 unspecified atom stereocenters. The molecule has 11 nitrogen and oxygen atoms in total. The van der Waals surface area contributed by atoms with E-state index in [1.54, 1.807) is 36.2 Å². The summed E-state index contributed by atoms with van der Waals surface area (Å²) in [5.74, 6) is 1.42. The molecule has 4 fully saturated rings. The summed E-state index contributed by atoms with van der Waals surface area (Å²) in [5, 5.41) is 3.76. The van der Waals surface area contributed by atoms with Crippen LogP contribution in [0.3, 0.4) is 0 Å². The first-order valence-electron chi connectivity index (χ1n) is 14.9. The summed E-state index contributed by atoms with van der Waals surface area (Å²) in [5.41, 5.74) is 1.33. The zero-order valence-corrected chi connectivity index (χ0v) is 26.2. The van der Waals surface area contributed by atoms with E-state index < -0.39 is 5.60 Å². The molecule has 2 atom stereocenters. The number of halogens is 1. The number of nitrogens with zero attached hydrogens (tertiary/aromatic N) is 4. The average Bonchev–Trinajstić information content (AvgIpc) is 3.60. The van der Waals surface area contributed by atoms with Gasteiger partial charge >= 0.3 is 12.1 Å². The van der Waals surface area contributed by atoms with E-state index in [0.29, 0.717) is 73.8 Å². The molecule has 1 saturated carbocycles. The number of piperidine rings is 1. The van der Waals surface area contributed by atoms with Gasteiger partial charge in [0.25, 0.3) is 0 Å². The van der Waals surface area contributed by atoms with E-state index in [0.717, 1.165) is 24.1 Å². The lowest BCUT2D eigenvalue weighted by molar-refractivity contribution is -0.165. The smallest absolute Gasteiger partial charge is 0.410 e. The zero-order valence-electron chi connectivity index (χ0n) is 25.4. The zero-order chi connectivity index (χ0) is 30.5. The average molecular weight is 614 g/mol. The Balaban J connectivity index is 1.25. The fourth-order valence-electron chi connectivity index (χ4n) is 6.12. The van der Waals surface area contributed by atoms with Crippen LogP contribution >= 0.6 is 11.6 Å². The molecule has 3 aliphatic heterocycles. The molecule has 6 rings (SSSR count). The van der Waals surface area contributed by atoms with Crippen LogP contribution < -0.4 is 19.7 Å². The van der Waals surface area contributed by atoms with Crippen molar-refractivity contribution in [3.05, 3.63) is 35.0 Å². The molecule has 43 heavy (non-hydrogen) atoms. The van der Waals surface area contributed by atoms with E-state index in [9.17, 15) is 9.59 Å². The molecule has 3 amide bonds. The number of aromatic nitrogens is 1. The number of carbonyl (C=O) groups excluding carboxylic acids is 2. The maximum Gasteiger partial charge on any atom is 0.410 e. The minimum atomic E-state index is -0.608. The molecule has 1 aliphatic carbocycles. The number of aryl methyl sites for hydroxylation is 1. The van der Waals surface area contributed by atoms with Gasteiger partial charge in [0.1, 0.15) is 11.2 Å². The number of urea groups is 1. The number of benzene rings is 1. The van der Waals surface area contributed by atoms with Crippen LogP contribution in [0, 0.1) is 11.8 Å². The third kappa shape index (κ3) is 5.53. The Morgan fingerprint density at radius 1 is 1.16 bits per heavy atom. The lowest BCUT2D eigenvalue weighted by Crippen LogP contribution is -2.65. The van der Waals surface area contributed by atoms with E-state index in [2.05, 4.69) is 17.2 Å². The number of rotatable bonds is 8. The fraction of sp³-hybridized carbons (Fsp3) is 0.581. The Labute approximate surface area is 257 Å². The van der Waals surface area contributed by atoms with Crippen LogP contribution in [0.15, 0.2) is 24.4 Å². The topological polar surface area (TPSA) is 106 Å². The SMILES string of the molecule is CCc1cnc(Nc2ccc(N3CCN(C)C3=O)cc2Cl)c(OC)c1OC1(C)C2COCC1CN(C(=O)OC1(C)CC1)C2. The van der Waals surface area contributed by atoms with Crippen LogP contribution in [0.4, 0.5) is 26.8 Å². The van der Waals surface area contributed by atoms with Crippen molar-refractivity contribution >= 4 is 40.9 Å². The molecule has 1 N–H and O–H groups in total. The Morgan fingerprint density at radius 2 is 1.88 bits per heavy atom. The summed E-state index contributed by atoms with van der Waals surface area (Å²) in [6.45, 7) is 9.33. The van der Waals surface area contributed by atoms with Crippen molar-refractivity contribution in [1.82, 2.24) is 14.8 Å². The number of nitrogens with one attached hydrogen (secondary N) is 1. The molecule has 12 heteroatoms. The van der Waals surface area contributed by atoms with Gasteiger partial charge in [0.05, 0.1) is 31.0 Å². The van der Waals surface area contributed by atoms with Gasteiger partial charge in [0.2, 0.25) is 5.75 Å². The molecule has 1 aromatic heterocycles. The van der Waals surface area contributed by atoms with Crippen LogP contribution in [-0.2, 0) is 15.9 Å². The van der Waals surface area contributed by atoms with Crippen LogP contribution in [-0.4, -0.2) is 91.7 Å². The van der Waals surface area contributed by atoms with E-state index in [1.165, 1.54) is 0 Å². The minimum Gasteiger partial charge on any atom is -0.490 e. The van der Waals surface area contributed by atoms with Crippen molar-refractivity contribution in [1.29, 1.82) is 0 Å². The third-order valence-corrected chi connectivity index (χ3v) is 9.70. The number of carbonyl (C=O) groups is 2. The number of anilines is 3. The molecule has 2 bridgehead atoms. The van der Waals surface area contributed by atoms with Crippen molar-refractivity contribution in [2.45, 2.75) is 51.2 Å². The van der Waals surface area contributed by atoms with Crippen LogP contribution in [0.5, 0.6) is 11.5 Å². The van der Waals surface area contributed by atoms with Gasteiger partial charge in [0.15, 0.2) is 11.6 Å². The van der Waals surface area contributed by atoms with Gasteiger partial charge in [-0.1, -0.05) is 18.5 Å². The number of hydrogen-bond acceptors (Lipinski definition) is 8. The molecule has 0 spiro atoms. The highest BCUT2D eigenvalue weighted by Gasteiger charge is 2.54. The number of likely N-dealkylation sites (N-methyl/N-ethyl adjacent to an activating group) is 1. The monoisotopic (exact) mass is 613 g/mol. The lowest BCUT2D eigenvalue weighted by atomic mass is 9.73. The van der Waals surface area contributed by atoms with Crippen LogP contribution in [0.25, 0.3) is 0 Å². The molecular weight excluding hydrogens is 574 g/mol. The van der Waals surface area contributed by atoms with Gasteiger partial charge in [0, 0.05) is 62.5 Å². The van der Waals surface area contributed by atoms with Crippen molar-refractivity contribution in [3.8, 4) is 11.5 Å². The van der Waals surface area contributed by atoms with Gasteiger partial charge in [-0.2, -0.15) is 0 Å². The molecule has 4 aliphatic rings. The molecule has 232 valence electrons. The molecule has 4 heterocycles. The van der Waals surface area contributed by atoms with Gasteiger partial charge in [-0.3, -0.25) is 4.90 Å². The standard InChI is InChI=1S/C31H40ClN5O6/c1-6-19-14-33-27(34-24-8-7-22(13-23(24)32)37-12-11-35(4)28(37)38)26(40-5)25(19)42-31(3)20-15-36(16-21(31)18-41-17-20)29(39)43-30(2)9-10-30/h7-8,13-14,20-21H,6,9-12,15-18H2,1-5H3,(H,33,34). The Bertz CT molecular complexity index is 1400. The number of hydrogen-bond donors (Lipinski definition) is 1. The summed E-state index contributed by atoms with van der Waals surface area (Å²) in [6.07, 6.45) is 4.04. The highest BCUT2D eigenvalue weighted by Crippen LogP contribution is 2.47. The first kappa shape index (κ1) is 29.6. The predicted octanol–water partition coefficient (Wildman–Crippen LogP) is 5.33. The van der Waals surface area contributed by atoms with Crippen LogP contribution in [0.2, 0.25) is 5.02 Å².